The van der Waals surface area contributed by atoms with Crippen molar-refractivity contribution in [1.29, 1.82) is 0 Å². The van der Waals surface area contributed by atoms with Crippen molar-refractivity contribution in [3.63, 3.8) is 0 Å². The molecule has 0 aromatic heterocycles. The van der Waals surface area contributed by atoms with Crippen molar-refractivity contribution < 1.29 is 19.7 Å². The zero-order chi connectivity index (χ0) is 13.0. The van der Waals surface area contributed by atoms with Crippen molar-refractivity contribution in [2.75, 3.05) is 12.8 Å². The molecule has 5 nitrogen and oxygen atoms in total. The number of nitrogen functional groups attached to an aromatic ring is 1. The molecule has 0 amide bonds. The number of esters is 1. The molecule has 0 bridgehead atoms. The molecule has 5 heteroatoms. The van der Waals surface area contributed by atoms with Gasteiger partial charge in [-0.05, 0) is 18.6 Å². The lowest BCUT2D eigenvalue weighted by Crippen LogP contribution is -2.23. The number of aliphatic hydroxyl groups excluding tert-OH is 2. The van der Waals surface area contributed by atoms with Crippen LogP contribution in [-0.4, -0.2) is 29.4 Å². The van der Waals surface area contributed by atoms with Gasteiger partial charge in [0.2, 0.25) is 0 Å². The third-order valence-electron chi connectivity index (χ3n) is 2.53. The molecule has 0 spiro atoms. The van der Waals surface area contributed by atoms with Gasteiger partial charge in [-0.1, -0.05) is 12.1 Å². The van der Waals surface area contributed by atoms with Crippen LogP contribution in [0.2, 0.25) is 0 Å². The number of benzene rings is 1. The fourth-order valence-corrected chi connectivity index (χ4v) is 1.54. The quantitative estimate of drug-likeness (QED) is 0.526. The van der Waals surface area contributed by atoms with E-state index in [1.807, 2.05) is 6.92 Å². The van der Waals surface area contributed by atoms with Crippen LogP contribution in [0.1, 0.15) is 23.7 Å². The number of aryl methyl sites for hydroxylation is 1. The minimum atomic E-state index is -1.23. The minimum Gasteiger partial charge on any atom is -0.469 e. The standard InChI is InChI=1S/C12H17NO4/c1-7-3-4-8(9(13)5-7)12(16)10(14)6-11(15)17-2/h3-5,10,12,14,16H,6,13H2,1-2H3. The molecule has 2 unspecified atom stereocenters. The maximum Gasteiger partial charge on any atom is 0.308 e. The predicted molar refractivity (Wildman–Crippen MR) is 63.2 cm³/mol. The lowest BCUT2D eigenvalue weighted by Gasteiger charge is -2.19. The van der Waals surface area contributed by atoms with Gasteiger partial charge in [0.1, 0.15) is 6.10 Å². The first kappa shape index (κ1) is 13.5. The molecule has 1 aromatic rings. The van der Waals surface area contributed by atoms with Gasteiger partial charge in [0, 0.05) is 11.3 Å². The number of aliphatic hydroxyl groups is 2. The van der Waals surface area contributed by atoms with Crippen molar-refractivity contribution in [2.24, 2.45) is 0 Å². The molecule has 94 valence electrons. The molecule has 0 fully saturated rings. The average Bonchev–Trinajstić information content (AvgIpc) is 2.28. The van der Waals surface area contributed by atoms with Crippen LogP contribution in [0.3, 0.4) is 0 Å². The molecule has 0 aliphatic heterocycles. The summed E-state index contributed by atoms with van der Waals surface area (Å²) in [5, 5.41) is 19.5. The molecule has 0 radical (unpaired) electrons. The van der Waals surface area contributed by atoms with Gasteiger partial charge in [-0.3, -0.25) is 4.79 Å². The highest BCUT2D eigenvalue weighted by Gasteiger charge is 2.23. The largest absolute Gasteiger partial charge is 0.469 e. The molecular formula is C12H17NO4. The van der Waals surface area contributed by atoms with Gasteiger partial charge in [-0.15, -0.1) is 0 Å². The number of rotatable bonds is 4. The summed E-state index contributed by atoms with van der Waals surface area (Å²) in [6, 6.07) is 5.11. The van der Waals surface area contributed by atoms with E-state index < -0.39 is 18.2 Å². The van der Waals surface area contributed by atoms with E-state index in [4.69, 9.17) is 5.73 Å². The Hall–Kier alpha value is -1.59. The number of anilines is 1. The van der Waals surface area contributed by atoms with Crippen LogP contribution >= 0.6 is 0 Å². The number of hydrogen-bond acceptors (Lipinski definition) is 5. The Morgan fingerprint density at radius 3 is 2.65 bits per heavy atom. The van der Waals surface area contributed by atoms with E-state index in [2.05, 4.69) is 4.74 Å². The topological polar surface area (TPSA) is 92.8 Å². The Labute approximate surface area is 99.8 Å². The summed E-state index contributed by atoms with van der Waals surface area (Å²) in [5.41, 5.74) is 7.49. The van der Waals surface area contributed by atoms with Crippen LogP contribution in [0.5, 0.6) is 0 Å². The number of carbonyl (C=O) groups is 1. The number of hydrogen-bond donors (Lipinski definition) is 3. The molecule has 2 atom stereocenters. The summed E-state index contributed by atoms with van der Waals surface area (Å²) >= 11 is 0. The summed E-state index contributed by atoms with van der Waals surface area (Å²) in [7, 11) is 1.22. The molecule has 1 rings (SSSR count). The van der Waals surface area contributed by atoms with E-state index in [1.165, 1.54) is 7.11 Å². The first-order valence-corrected chi connectivity index (χ1v) is 5.24. The van der Waals surface area contributed by atoms with Gasteiger partial charge >= 0.3 is 5.97 Å². The van der Waals surface area contributed by atoms with Gasteiger partial charge in [-0.2, -0.15) is 0 Å². The van der Waals surface area contributed by atoms with E-state index in [0.717, 1.165) is 5.56 Å². The van der Waals surface area contributed by atoms with Crippen molar-refractivity contribution in [1.82, 2.24) is 0 Å². The Bertz CT molecular complexity index is 405. The van der Waals surface area contributed by atoms with Gasteiger partial charge in [0.05, 0.1) is 19.6 Å². The second kappa shape index (κ2) is 5.65. The maximum absolute atomic E-state index is 11.0. The Balaban J connectivity index is 2.81. The first-order chi connectivity index (χ1) is 7.95. The van der Waals surface area contributed by atoms with E-state index in [-0.39, 0.29) is 6.42 Å². The van der Waals surface area contributed by atoms with Gasteiger partial charge in [0.25, 0.3) is 0 Å². The summed E-state index contributed by atoms with van der Waals surface area (Å²) < 4.78 is 4.41. The van der Waals surface area contributed by atoms with E-state index in [0.29, 0.717) is 11.3 Å². The van der Waals surface area contributed by atoms with Crippen LogP contribution in [0.25, 0.3) is 0 Å². The van der Waals surface area contributed by atoms with Crippen LogP contribution in [-0.2, 0) is 9.53 Å². The van der Waals surface area contributed by atoms with Crippen LogP contribution < -0.4 is 5.73 Å². The molecule has 0 saturated carbocycles. The fourth-order valence-electron chi connectivity index (χ4n) is 1.54. The molecule has 4 N–H and O–H groups in total. The first-order valence-electron chi connectivity index (χ1n) is 5.24. The van der Waals surface area contributed by atoms with Crippen LogP contribution in [0.4, 0.5) is 5.69 Å². The predicted octanol–water partition coefficient (Wildman–Crippen LogP) is 0.535. The summed E-state index contributed by atoms with van der Waals surface area (Å²) in [4.78, 5) is 11.0. The van der Waals surface area contributed by atoms with Crippen molar-refractivity contribution in [3.05, 3.63) is 29.3 Å². The smallest absolute Gasteiger partial charge is 0.308 e. The number of ether oxygens (including phenoxy) is 1. The molecule has 0 heterocycles. The van der Waals surface area contributed by atoms with Crippen LogP contribution in [0, 0.1) is 6.92 Å². The van der Waals surface area contributed by atoms with Crippen molar-refractivity contribution in [3.8, 4) is 0 Å². The van der Waals surface area contributed by atoms with E-state index >= 15 is 0 Å². The lowest BCUT2D eigenvalue weighted by molar-refractivity contribution is -0.144. The van der Waals surface area contributed by atoms with Crippen LogP contribution in [0.15, 0.2) is 18.2 Å². The SMILES string of the molecule is COC(=O)CC(O)C(O)c1ccc(C)cc1N. The van der Waals surface area contributed by atoms with Gasteiger partial charge in [0.15, 0.2) is 0 Å². The molecule has 0 aliphatic carbocycles. The molecule has 0 aliphatic rings. The number of methoxy groups -OCH3 is 1. The second-order valence-electron chi connectivity index (χ2n) is 3.92. The Morgan fingerprint density at radius 2 is 2.12 bits per heavy atom. The number of carbonyl (C=O) groups excluding carboxylic acids is 1. The summed E-state index contributed by atoms with van der Waals surface area (Å²) in [6.07, 6.45) is -2.70. The molecular weight excluding hydrogens is 222 g/mol. The van der Waals surface area contributed by atoms with Crippen molar-refractivity contribution in [2.45, 2.75) is 25.6 Å². The van der Waals surface area contributed by atoms with Gasteiger partial charge < -0.3 is 20.7 Å². The highest BCUT2D eigenvalue weighted by molar-refractivity contribution is 5.70. The molecule has 1 aromatic carbocycles. The molecule has 0 saturated heterocycles. The van der Waals surface area contributed by atoms with E-state index in [1.54, 1.807) is 18.2 Å². The third-order valence-corrected chi connectivity index (χ3v) is 2.53. The lowest BCUT2D eigenvalue weighted by atomic mass is 9.99. The maximum atomic E-state index is 11.0. The number of nitrogens with two attached hydrogens (primary N) is 1. The summed E-state index contributed by atoms with van der Waals surface area (Å²) in [6.45, 7) is 1.87. The highest BCUT2D eigenvalue weighted by Crippen LogP contribution is 2.25. The highest BCUT2D eigenvalue weighted by atomic mass is 16.5. The minimum absolute atomic E-state index is 0.273. The zero-order valence-corrected chi connectivity index (χ0v) is 9.88. The zero-order valence-electron chi connectivity index (χ0n) is 9.88. The fraction of sp³-hybridized carbons (Fsp3) is 0.417. The average molecular weight is 239 g/mol. The summed E-state index contributed by atoms with van der Waals surface area (Å²) in [5.74, 6) is -0.581. The second-order valence-corrected chi connectivity index (χ2v) is 3.92. The monoisotopic (exact) mass is 239 g/mol. The molecule has 17 heavy (non-hydrogen) atoms. The Morgan fingerprint density at radius 1 is 1.47 bits per heavy atom. The normalized spacial score (nSPS) is 14.1. The van der Waals surface area contributed by atoms with E-state index in [9.17, 15) is 15.0 Å². The van der Waals surface area contributed by atoms with Gasteiger partial charge in [-0.25, -0.2) is 0 Å². The van der Waals surface area contributed by atoms with Crippen molar-refractivity contribution >= 4 is 11.7 Å². The Kier molecular flexibility index (Phi) is 4.48. The third kappa shape index (κ3) is 3.44.